The third-order valence-corrected chi connectivity index (χ3v) is 4.77. The van der Waals surface area contributed by atoms with E-state index in [4.69, 9.17) is 16.3 Å². The molecule has 2 aromatic carbocycles. The Balaban J connectivity index is 2.02. The van der Waals surface area contributed by atoms with Gasteiger partial charge in [0, 0.05) is 17.1 Å². The summed E-state index contributed by atoms with van der Waals surface area (Å²) in [7, 11) is 1.61. The average Bonchev–Trinajstić information content (AvgIpc) is 2.70. The number of carbonyl (C=O) groups is 2. The summed E-state index contributed by atoms with van der Waals surface area (Å²) in [6.45, 7) is 4.31. The third-order valence-electron chi connectivity index (χ3n) is 4.51. The van der Waals surface area contributed by atoms with Crippen LogP contribution >= 0.6 is 11.6 Å². The second-order valence-electron chi connectivity index (χ2n) is 6.41. The molecule has 0 aromatic heterocycles. The molecule has 0 heterocycles. The molecule has 2 rings (SSSR count). The van der Waals surface area contributed by atoms with E-state index in [9.17, 15) is 9.59 Å². The van der Waals surface area contributed by atoms with Crippen LogP contribution in [0.4, 0.5) is 0 Å². The first-order chi connectivity index (χ1) is 12.9. The lowest BCUT2D eigenvalue weighted by Gasteiger charge is -2.23. The molecule has 2 amide bonds. The fourth-order valence-corrected chi connectivity index (χ4v) is 2.70. The van der Waals surface area contributed by atoms with Crippen molar-refractivity contribution in [2.24, 2.45) is 5.92 Å². The van der Waals surface area contributed by atoms with Crippen molar-refractivity contribution in [2.45, 2.75) is 32.9 Å². The molecule has 0 aliphatic heterocycles. The highest BCUT2D eigenvalue weighted by molar-refractivity contribution is 6.30. The van der Waals surface area contributed by atoms with Gasteiger partial charge in [-0.2, -0.15) is 0 Å². The smallest absolute Gasteiger partial charge is 0.251 e. The van der Waals surface area contributed by atoms with E-state index in [1.807, 2.05) is 38.1 Å². The number of carbonyl (C=O) groups excluding carboxylic acids is 2. The van der Waals surface area contributed by atoms with Crippen LogP contribution in [-0.4, -0.2) is 25.0 Å². The van der Waals surface area contributed by atoms with Crippen molar-refractivity contribution >= 4 is 23.4 Å². The van der Waals surface area contributed by atoms with Gasteiger partial charge in [0.05, 0.1) is 7.11 Å². The van der Waals surface area contributed by atoms with Gasteiger partial charge in [-0.25, -0.2) is 0 Å². The first-order valence-electron chi connectivity index (χ1n) is 8.91. The second-order valence-corrected chi connectivity index (χ2v) is 6.85. The van der Waals surface area contributed by atoms with Crippen LogP contribution in [0.3, 0.4) is 0 Å². The molecule has 0 saturated carbocycles. The standard InChI is InChI=1S/C21H25ClN2O3/c1-4-14(2)19(24-20(25)16-7-9-17(22)10-8-16)21(26)23-13-15-5-11-18(27-3)12-6-15/h5-12,14,19H,4,13H2,1-3H3,(H,23,26)(H,24,25)/t14-,19-/m0/s1. The van der Waals surface area contributed by atoms with Crippen molar-refractivity contribution < 1.29 is 14.3 Å². The third kappa shape index (κ3) is 6.00. The summed E-state index contributed by atoms with van der Waals surface area (Å²) in [6.07, 6.45) is 0.765. The highest BCUT2D eigenvalue weighted by Gasteiger charge is 2.26. The van der Waals surface area contributed by atoms with E-state index in [1.165, 1.54) is 0 Å². The molecule has 0 radical (unpaired) electrons. The molecule has 0 fully saturated rings. The quantitative estimate of drug-likeness (QED) is 0.722. The molecule has 0 saturated heterocycles. The van der Waals surface area contributed by atoms with Crippen molar-refractivity contribution in [2.75, 3.05) is 7.11 Å². The van der Waals surface area contributed by atoms with Crippen LogP contribution in [-0.2, 0) is 11.3 Å². The largest absolute Gasteiger partial charge is 0.497 e. The van der Waals surface area contributed by atoms with Crippen LogP contribution in [0.15, 0.2) is 48.5 Å². The molecule has 0 aliphatic carbocycles. The summed E-state index contributed by atoms with van der Waals surface area (Å²) in [6, 6.07) is 13.4. The van der Waals surface area contributed by atoms with E-state index < -0.39 is 6.04 Å². The van der Waals surface area contributed by atoms with Crippen molar-refractivity contribution in [3.8, 4) is 5.75 Å². The molecule has 2 N–H and O–H groups in total. The maximum absolute atomic E-state index is 12.7. The number of benzene rings is 2. The lowest BCUT2D eigenvalue weighted by molar-refractivity contribution is -0.124. The van der Waals surface area contributed by atoms with Crippen LogP contribution in [0.5, 0.6) is 5.75 Å². The van der Waals surface area contributed by atoms with Gasteiger partial charge >= 0.3 is 0 Å². The first-order valence-corrected chi connectivity index (χ1v) is 9.29. The van der Waals surface area contributed by atoms with E-state index in [0.29, 0.717) is 17.1 Å². The zero-order valence-corrected chi connectivity index (χ0v) is 16.5. The van der Waals surface area contributed by atoms with Crippen molar-refractivity contribution in [3.63, 3.8) is 0 Å². The fraction of sp³-hybridized carbons (Fsp3) is 0.333. The van der Waals surface area contributed by atoms with Gasteiger partial charge < -0.3 is 15.4 Å². The van der Waals surface area contributed by atoms with Gasteiger partial charge in [-0.15, -0.1) is 0 Å². The molecular formula is C21H25ClN2O3. The van der Waals surface area contributed by atoms with Crippen LogP contribution in [0.25, 0.3) is 0 Å². The van der Waals surface area contributed by atoms with E-state index in [-0.39, 0.29) is 17.7 Å². The molecule has 144 valence electrons. The molecule has 2 atom stereocenters. The molecule has 5 nitrogen and oxygen atoms in total. The predicted molar refractivity (Wildman–Crippen MR) is 107 cm³/mol. The van der Waals surface area contributed by atoms with Gasteiger partial charge in [-0.1, -0.05) is 44.0 Å². The highest BCUT2D eigenvalue weighted by atomic mass is 35.5. The monoisotopic (exact) mass is 388 g/mol. The number of nitrogens with one attached hydrogen (secondary N) is 2. The molecular weight excluding hydrogens is 364 g/mol. The maximum atomic E-state index is 12.7. The normalized spacial score (nSPS) is 12.7. The zero-order valence-electron chi connectivity index (χ0n) is 15.8. The van der Waals surface area contributed by atoms with Gasteiger partial charge in [0.1, 0.15) is 11.8 Å². The fourth-order valence-electron chi connectivity index (χ4n) is 2.57. The Hall–Kier alpha value is -2.53. The second kappa shape index (κ2) is 9.97. The number of amides is 2. The van der Waals surface area contributed by atoms with Gasteiger partial charge in [-0.05, 0) is 47.9 Å². The molecule has 0 bridgehead atoms. The van der Waals surface area contributed by atoms with Gasteiger partial charge in [0.25, 0.3) is 5.91 Å². The van der Waals surface area contributed by atoms with E-state index in [0.717, 1.165) is 17.7 Å². The Kier molecular flexibility index (Phi) is 7.67. The summed E-state index contributed by atoms with van der Waals surface area (Å²) in [5.74, 6) is 0.258. The molecule has 6 heteroatoms. The summed E-state index contributed by atoms with van der Waals surface area (Å²) in [5, 5.41) is 6.30. The number of hydrogen-bond donors (Lipinski definition) is 2. The zero-order chi connectivity index (χ0) is 19.8. The van der Waals surface area contributed by atoms with Crippen LogP contribution < -0.4 is 15.4 Å². The first kappa shape index (κ1) is 20.8. The Morgan fingerprint density at radius 1 is 1.07 bits per heavy atom. The molecule has 0 aliphatic rings. The Bertz CT molecular complexity index is 760. The molecule has 27 heavy (non-hydrogen) atoms. The van der Waals surface area contributed by atoms with E-state index in [1.54, 1.807) is 31.4 Å². The van der Waals surface area contributed by atoms with Gasteiger partial charge in [0.2, 0.25) is 5.91 Å². The Morgan fingerprint density at radius 2 is 1.70 bits per heavy atom. The van der Waals surface area contributed by atoms with Gasteiger partial charge in [-0.3, -0.25) is 9.59 Å². The molecule has 0 spiro atoms. The minimum atomic E-state index is -0.614. The van der Waals surface area contributed by atoms with Crippen molar-refractivity contribution in [1.29, 1.82) is 0 Å². The summed E-state index contributed by atoms with van der Waals surface area (Å²) < 4.78 is 5.13. The number of hydrogen-bond acceptors (Lipinski definition) is 3. The van der Waals surface area contributed by atoms with Crippen LogP contribution in [0.1, 0.15) is 36.2 Å². The lowest BCUT2D eigenvalue weighted by Crippen LogP contribution is -2.50. The SMILES string of the molecule is CC[C@H](C)[C@H](NC(=O)c1ccc(Cl)cc1)C(=O)NCc1ccc(OC)cc1. The van der Waals surface area contributed by atoms with Crippen molar-refractivity contribution in [1.82, 2.24) is 10.6 Å². The minimum absolute atomic E-state index is 0.00267. The highest BCUT2D eigenvalue weighted by Crippen LogP contribution is 2.14. The van der Waals surface area contributed by atoms with E-state index >= 15 is 0 Å². The number of methoxy groups -OCH3 is 1. The maximum Gasteiger partial charge on any atom is 0.251 e. The lowest BCUT2D eigenvalue weighted by atomic mass is 9.97. The number of ether oxygens (including phenoxy) is 1. The van der Waals surface area contributed by atoms with Crippen LogP contribution in [0, 0.1) is 5.92 Å². The van der Waals surface area contributed by atoms with E-state index in [2.05, 4.69) is 10.6 Å². The Labute approximate surface area is 165 Å². The molecule has 2 aromatic rings. The minimum Gasteiger partial charge on any atom is -0.497 e. The summed E-state index contributed by atoms with van der Waals surface area (Å²) in [4.78, 5) is 25.2. The number of rotatable bonds is 8. The average molecular weight is 389 g/mol. The predicted octanol–water partition coefficient (Wildman–Crippen LogP) is 3.81. The van der Waals surface area contributed by atoms with Crippen molar-refractivity contribution in [3.05, 3.63) is 64.7 Å². The Morgan fingerprint density at radius 3 is 2.26 bits per heavy atom. The van der Waals surface area contributed by atoms with Gasteiger partial charge in [0.15, 0.2) is 0 Å². The van der Waals surface area contributed by atoms with Crippen LogP contribution in [0.2, 0.25) is 5.02 Å². The topological polar surface area (TPSA) is 67.4 Å². The number of halogens is 1. The summed E-state index contributed by atoms with van der Waals surface area (Å²) >= 11 is 5.86. The molecule has 0 unspecified atom stereocenters. The summed E-state index contributed by atoms with van der Waals surface area (Å²) in [5.41, 5.74) is 1.42.